The molecule has 0 bridgehead atoms. The van der Waals surface area contributed by atoms with Crippen molar-refractivity contribution in [1.82, 2.24) is 9.97 Å². The number of aromatic nitrogens is 2. The summed E-state index contributed by atoms with van der Waals surface area (Å²) in [7, 11) is 0. The van der Waals surface area contributed by atoms with Crippen LogP contribution in [0, 0.1) is 11.8 Å². The fraction of sp³-hybridized carbons (Fsp3) is 0.583. The van der Waals surface area contributed by atoms with Crippen LogP contribution in [0.1, 0.15) is 30.6 Å². The maximum atomic E-state index is 10.7. The van der Waals surface area contributed by atoms with E-state index in [-0.39, 0.29) is 5.56 Å². The lowest BCUT2D eigenvalue weighted by Crippen LogP contribution is -2.23. The second-order valence-corrected chi connectivity index (χ2v) is 4.82. The third-order valence-corrected chi connectivity index (χ3v) is 3.34. The Bertz CT molecular complexity index is 403. The lowest BCUT2D eigenvalue weighted by Gasteiger charge is -2.17. The zero-order valence-electron chi connectivity index (χ0n) is 10.1. The first-order valence-corrected chi connectivity index (χ1v) is 5.88. The molecular formula is C12H17N3O2. The number of carbonyl (C=O) groups is 1. The quantitative estimate of drug-likeness (QED) is 0.863. The minimum atomic E-state index is -0.988. The van der Waals surface area contributed by atoms with Gasteiger partial charge in [0.15, 0.2) is 0 Å². The van der Waals surface area contributed by atoms with E-state index in [1.54, 1.807) is 0 Å². The molecule has 1 N–H and O–H groups in total. The number of rotatable bonds is 3. The molecule has 1 atom stereocenters. The second kappa shape index (κ2) is 4.69. The summed E-state index contributed by atoms with van der Waals surface area (Å²) in [6, 6.07) is 0. The molecule has 1 aliphatic rings. The largest absolute Gasteiger partial charge is 0.478 e. The van der Waals surface area contributed by atoms with Crippen molar-refractivity contribution in [3.05, 3.63) is 18.0 Å². The lowest BCUT2D eigenvalue weighted by molar-refractivity contribution is 0.0696. The van der Waals surface area contributed by atoms with Gasteiger partial charge in [-0.05, 0) is 18.3 Å². The summed E-state index contributed by atoms with van der Waals surface area (Å²) in [5.41, 5.74) is 0.133. The van der Waals surface area contributed by atoms with Crippen molar-refractivity contribution in [2.24, 2.45) is 11.8 Å². The van der Waals surface area contributed by atoms with Gasteiger partial charge in [-0.1, -0.05) is 13.8 Å². The third kappa shape index (κ3) is 2.54. The fourth-order valence-electron chi connectivity index (χ4n) is 2.11. The van der Waals surface area contributed by atoms with Crippen LogP contribution < -0.4 is 4.90 Å². The topological polar surface area (TPSA) is 66.3 Å². The van der Waals surface area contributed by atoms with Gasteiger partial charge in [-0.2, -0.15) is 0 Å². The standard InChI is InChI=1S/C12H17N3O2/c1-8(2)9-3-4-15(7-9)12-13-5-10(6-14-12)11(16)17/h5-6,8-9H,3-4,7H2,1-2H3,(H,16,17). The zero-order chi connectivity index (χ0) is 12.4. The molecule has 0 aromatic carbocycles. The Morgan fingerprint density at radius 2 is 2.12 bits per heavy atom. The number of nitrogens with zero attached hydrogens (tertiary/aromatic N) is 3. The molecule has 1 saturated heterocycles. The highest BCUT2D eigenvalue weighted by molar-refractivity contribution is 5.86. The highest BCUT2D eigenvalue weighted by Crippen LogP contribution is 2.25. The summed E-state index contributed by atoms with van der Waals surface area (Å²) in [5, 5.41) is 8.76. The van der Waals surface area contributed by atoms with Crippen LogP contribution in [-0.4, -0.2) is 34.1 Å². The van der Waals surface area contributed by atoms with E-state index >= 15 is 0 Å². The van der Waals surface area contributed by atoms with Gasteiger partial charge in [0.2, 0.25) is 5.95 Å². The first-order valence-electron chi connectivity index (χ1n) is 5.88. The molecule has 1 aromatic rings. The highest BCUT2D eigenvalue weighted by atomic mass is 16.4. The smallest absolute Gasteiger partial charge is 0.338 e. The van der Waals surface area contributed by atoms with E-state index in [1.165, 1.54) is 12.4 Å². The van der Waals surface area contributed by atoms with Crippen LogP contribution in [0.5, 0.6) is 0 Å². The van der Waals surface area contributed by atoms with Crippen molar-refractivity contribution in [3.63, 3.8) is 0 Å². The Kier molecular flexibility index (Phi) is 3.26. The Morgan fingerprint density at radius 1 is 1.47 bits per heavy atom. The first-order chi connectivity index (χ1) is 8.08. The molecule has 1 unspecified atom stereocenters. The Morgan fingerprint density at radius 3 is 2.59 bits per heavy atom. The van der Waals surface area contributed by atoms with Crippen molar-refractivity contribution in [2.45, 2.75) is 20.3 Å². The summed E-state index contributed by atoms with van der Waals surface area (Å²) >= 11 is 0. The molecule has 1 aromatic heterocycles. The van der Waals surface area contributed by atoms with Gasteiger partial charge in [-0.15, -0.1) is 0 Å². The molecule has 17 heavy (non-hydrogen) atoms. The summed E-state index contributed by atoms with van der Waals surface area (Å²) in [5.74, 6) is 0.993. The third-order valence-electron chi connectivity index (χ3n) is 3.34. The van der Waals surface area contributed by atoms with Gasteiger partial charge >= 0.3 is 5.97 Å². The molecule has 1 fully saturated rings. The van der Waals surface area contributed by atoms with Crippen LogP contribution >= 0.6 is 0 Å². The number of carboxylic acid groups (broad SMARTS) is 1. The minimum absolute atomic E-state index is 0.133. The van der Waals surface area contributed by atoms with Gasteiger partial charge in [-0.25, -0.2) is 14.8 Å². The number of aromatic carboxylic acids is 1. The fourth-order valence-corrected chi connectivity index (χ4v) is 2.11. The van der Waals surface area contributed by atoms with E-state index in [0.717, 1.165) is 19.5 Å². The van der Waals surface area contributed by atoms with E-state index in [0.29, 0.717) is 17.8 Å². The molecule has 0 aliphatic carbocycles. The van der Waals surface area contributed by atoms with Gasteiger partial charge < -0.3 is 10.0 Å². The Balaban J connectivity index is 2.06. The van der Waals surface area contributed by atoms with Crippen LogP contribution in [0.15, 0.2) is 12.4 Å². The van der Waals surface area contributed by atoms with E-state index in [9.17, 15) is 4.79 Å². The molecule has 0 radical (unpaired) electrons. The van der Waals surface area contributed by atoms with Gasteiger partial charge in [0.05, 0.1) is 5.56 Å². The van der Waals surface area contributed by atoms with Crippen molar-refractivity contribution < 1.29 is 9.90 Å². The number of hydrogen-bond acceptors (Lipinski definition) is 4. The predicted octanol–water partition coefficient (Wildman–Crippen LogP) is 1.66. The van der Waals surface area contributed by atoms with Crippen molar-refractivity contribution in [1.29, 1.82) is 0 Å². The molecule has 0 saturated carbocycles. The normalized spacial score (nSPS) is 19.9. The molecule has 2 heterocycles. The molecule has 92 valence electrons. The first kappa shape index (κ1) is 11.8. The minimum Gasteiger partial charge on any atom is -0.478 e. The van der Waals surface area contributed by atoms with Crippen molar-refractivity contribution >= 4 is 11.9 Å². The maximum absolute atomic E-state index is 10.7. The number of carboxylic acids is 1. The molecule has 0 amide bonds. The Labute approximate surface area is 100 Å². The van der Waals surface area contributed by atoms with Crippen LogP contribution in [-0.2, 0) is 0 Å². The molecule has 2 rings (SSSR count). The van der Waals surface area contributed by atoms with Crippen molar-refractivity contribution in [2.75, 3.05) is 18.0 Å². The van der Waals surface area contributed by atoms with E-state index in [1.807, 2.05) is 0 Å². The Hall–Kier alpha value is -1.65. The zero-order valence-corrected chi connectivity index (χ0v) is 10.1. The van der Waals surface area contributed by atoms with Crippen LogP contribution in [0.25, 0.3) is 0 Å². The molecule has 0 spiro atoms. The summed E-state index contributed by atoms with van der Waals surface area (Å²) in [4.78, 5) is 21.0. The summed E-state index contributed by atoms with van der Waals surface area (Å²) < 4.78 is 0. The van der Waals surface area contributed by atoms with Gasteiger partial charge in [-0.3, -0.25) is 0 Å². The monoisotopic (exact) mass is 235 g/mol. The van der Waals surface area contributed by atoms with E-state index in [4.69, 9.17) is 5.11 Å². The average Bonchev–Trinajstić information content (AvgIpc) is 2.78. The van der Waals surface area contributed by atoms with Gasteiger partial charge in [0, 0.05) is 25.5 Å². The molecule has 5 heteroatoms. The maximum Gasteiger partial charge on any atom is 0.338 e. The summed E-state index contributed by atoms with van der Waals surface area (Å²) in [6.45, 7) is 6.37. The molecular weight excluding hydrogens is 218 g/mol. The molecule has 1 aliphatic heterocycles. The van der Waals surface area contributed by atoms with Crippen LogP contribution in [0.2, 0.25) is 0 Å². The van der Waals surface area contributed by atoms with Crippen molar-refractivity contribution in [3.8, 4) is 0 Å². The van der Waals surface area contributed by atoms with Gasteiger partial charge in [0.25, 0.3) is 0 Å². The highest BCUT2D eigenvalue weighted by Gasteiger charge is 2.26. The van der Waals surface area contributed by atoms with E-state index in [2.05, 4.69) is 28.7 Å². The number of hydrogen-bond donors (Lipinski definition) is 1. The van der Waals surface area contributed by atoms with Crippen LogP contribution in [0.3, 0.4) is 0 Å². The average molecular weight is 235 g/mol. The number of anilines is 1. The second-order valence-electron chi connectivity index (χ2n) is 4.82. The van der Waals surface area contributed by atoms with Gasteiger partial charge in [0.1, 0.15) is 0 Å². The SMILES string of the molecule is CC(C)C1CCN(c2ncc(C(=O)O)cn2)C1. The van der Waals surface area contributed by atoms with E-state index < -0.39 is 5.97 Å². The summed E-state index contributed by atoms with van der Waals surface area (Å²) in [6.07, 6.45) is 3.89. The lowest BCUT2D eigenvalue weighted by atomic mass is 9.95. The molecule has 5 nitrogen and oxygen atoms in total. The predicted molar refractivity (Wildman–Crippen MR) is 64.1 cm³/mol. The van der Waals surface area contributed by atoms with Crippen LogP contribution in [0.4, 0.5) is 5.95 Å².